The van der Waals surface area contributed by atoms with Crippen LogP contribution < -0.4 is 5.73 Å². The summed E-state index contributed by atoms with van der Waals surface area (Å²) in [5.41, 5.74) is 7.17. The van der Waals surface area contributed by atoms with Crippen LogP contribution >= 0.6 is 15.9 Å². The van der Waals surface area contributed by atoms with E-state index < -0.39 is 0 Å². The van der Waals surface area contributed by atoms with Gasteiger partial charge in [0.15, 0.2) is 0 Å². The van der Waals surface area contributed by atoms with Crippen molar-refractivity contribution in [3.05, 3.63) is 28.2 Å². The van der Waals surface area contributed by atoms with Crippen molar-refractivity contribution in [2.24, 2.45) is 5.92 Å². The summed E-state index contributed by atoms with van der Waals surface area (Å²) in [5.74, 6) is 0.539. The fourth-order valence-corrected chi connectivity index (χ4v) is 3.24. The van der Waals surface area contributed by atoms with Crippen LogP contribution in [0, 0.1) is 5.92 Å². The Morgan fingerprint density at radius 3 is 2.65 bits per heavy atom. The summed E-state index contributed by atoms with van der Waals surface area (Å²) in [6, 6.07) is 5.87. The smallest absolute Gasteiger partial charge is 0.256 e. The van der Waals surface area contributed by atoms with E-state index in [0.717, 1.165) is 23.9 Å². The number of nitrogen functional groups attached to an aromatic ring is 1. The van der Waals surface area contributed by atoms with Gasteiger partial charge in [-0.3, -0.25) is 4.79 Å². The fourth-order valence-electron chi connectivity index (χ4n) is 2.88. The fraction of sp³-hybridized carbons (Fsp3) is 0.562. The highest BCUT2D eigenvalue weighted by Crippen LogP contribution is 2.28. The number of anilines is 1. The third-order valence-electron chi connectivity index (χ3n) is 3.83. The highest BCUT2D eigenvalue weighted by Gasteiger charge is 2.28. The molecule has 0 saturated heterocycles. The maximum atomic E-state index is 12.9. The molecule has 1 fully saturated rings. The summed E-state index contributed by atoms with van der Waals surface area (Å²) in [7, 11) is 0. The van der Waals surface area contributed by atoms with Crippen LogP contribution in [0.5, 0.6) is 0 Å². The van der Waals surface area contributed by atoms with Gasteiger partial charge >= 0.3 is 0 Å². The molecule has 0 heterocycles. The van der Waals surface area contributed by atoms with Gasteiger partial charge in [0.25, 0.3) is 5.91 Å². The second-order valence-electron chi connectivity index (χ2n) is 6.02. The number of halogens is 1. The molecule has 110 valence electrons. The molecule has 1 aromatic carbocycles. The zero-order valence-corrected chi connectivity index (χ0v) is 13.8. The molecular weight excluding hydrogens is 316 g/mol. The topological polar surface area (TPSA) is 46.3 Å². The summed E-state index contributed by atoms with van der Waals surface area (Å²) in [5, 5.41) is 0. The first kappa shape index (κ1) is 15.4. The van der Waals surface area contributed by atoms with E-state index in [1.54, 1.807) is 6.07 Å². The molecule has 0 bridgehead atoms. The van der Waals surface area contributed by atoms with Crippen LogP contribution in [-0.2, 0) is 0 Å². The molecule has 1 amide bonds. The second kappa shape index (κ2) is 6.61. The third-order valence-corrected chi connectivity index (χ3v) is 4.33. The quantitative estimate of drug-likeness (QED) is 0.841. The Balaban J connectivity index is 2.27. The number of hydrogen-bond acceptors (Lipinski definition) is 2. The summed E-state index contributed by atoms with van der Waals surface area (Å²) in [6.45, 7) is 5.11. The van der Waals surface area contributed by atoms with E-state index in [2.05, 4.69) is 29.8 Å². The molecule has 3 nitrogen and oxygen atoms in total. The van der Waals surface area contributed by atoms with Gasteiger partial charge in [-0.1, -0.05) is 42.6 Å². The first-order valence-electron chi connectivity index (χ1n) is 7.35. The summed E-state index contributed by atoms with van der Waals surface area (Å²) < 4.78 is 0.894. The van der Waals surface area contributed by atoms with Gasteiger partial charge in [-0.2, -0.15) is 0 Å². The van der Waals surface area contributed by atoms with E-state index in [-0.39, 0.29) is 5.91 Å². The normalized spacial score (nSPS) is 15.8. The van der Waals surface area contributed by atoms with Gasteiger partial charge in [0.1, 0.15) is 0 Å². The van der Waals surface area contributed by atoms with Crippen molar-refractivity contribution >= 4 is 27.5 Å². The van der Waals surface area contributed by atoms with Gasteiger partial charge < -0.3 is 10.6 Å². The minimum Gasteiger partial charge on any atom is -0.398 e. The van der Waals surface area contributed by atoms with Gasteiger partial charge in [0, 0.05) is 22.7 Å². The molecule has 0 aromatic heterocycles. The van der Waals surface area contributed by atoms with Crippen molar-refractivity contribution < 1.29 is 4.79 Å². The van der Waals surface area contributed by atoms with Crippen LogP contribution in [0.15, 0.2) is 22.7 Å². The molecule has 4 heteroatoms. The zero-order chi connectivity index (χ0) is 14.7. The number of nitrogens with zero attached hydrogens (tertiary/aromatic N) is 1. The zero-order valence-electron chi connectivity index (χ0n) is 12.2. The van der Waals surface area contributed by atoms with Gasteiger partial charge in [0.2, 0.25) is 0 Å². The standard InChI is InChI=1S/C16H23BrN2O/c1-11(2)10-19(13-5-3-4-6-13)16(20)14-9-12(17)7-8-15(14)18/h7-9,11,13H,3-6,10,18H2,1-2H3. The number of amides is 1. The Morgan fingerprint density at radius 2 is 2.05 bits per heavy atom. The Bertz CT molecular complexity index is 481. The largest absolute Gasteiger partial charge is 0.398 e. The molecule has 0 radical (unpaired) electrons. The van der Waals surface area contributed by atoms with Crippen molar-refractivity contribution in [1.82, 2.24) is 4.90 Å². The molecule has 2 N–H and O–H groups in total. The van der Waals surface area contributed by atoms with Crippen molar-refractivity contribution in [2.75, 3.05) is 12.3 Å². The molecule has 1 saturated carbocycles. The van der Waals surface area contributed by atoms with Crippen molar-refractivity contribution in [2.45, 2.75) is 45.6 Å². The van der Waals surface area contributed by atoms with E-state index in [4.69, 9.17) is 5.73 Å². The SMILES string of the molecule is CC(C)CN(C(=O)c1cc(Br)ccc1N)C1CCCC1. The average molecular weight is 339 g/mol. The first-order valence-corrected chi connectivity index (χ1v) is 8.14. The molecule has 1 aliphatic rings. The van der Waals surface area contributed by atoms with E-state index in [1.165, 1.54) is 12.8 Å². The van der Waals surface area contributed by atoms with Crippen LogP contribution in [0.25, 0.3) is 0 Å². The second-order valence-corrected chi connectivity index (χ2v) is 6.94. The third kappa shape index (κ3) is 3.54. The van der Waals surface area contributed by atoms with Crippen molar-refractivity contribution in [3.8, 4) is 0 Å². The van der Waals surface area contributed by atoms with Gasteiger partial charge in [0.05, 0.1) is 5.56 Å². The first-order chi connectivity index (χ1) is 9.49. The van der Waals surface area contributed by atoms with Crippen molar-refractivity contribution in [3.63, 3.8) is 0 Å². The number of rotatable bonds is 4. The van der Waals surface area contributed by atoms with E-state index >= 15 is 0 Å². The van der Waals surface area contributed by atoms with Crippen molar-refractivity contribution in [1.29, 1.82) is 0 Å². The maximum absolute atomic E-state index is 12.9. The minimum atomic E-state index is 0.0735. The monoisotopic (exact) mass is 338 g/mol. The molecule has 0 aliphatic heterocycles. The predicted molar refractivity (Wildman–Crippen MR) is 86.7 cm³/mol. The highest BCUT2D eigenvalue weighted by molar-refractivity contribution is 9.10. The summed E-state index contributed by atoms with van der Waals surface area (Å²) >= 11 is 3.42. The lowest BCUT2D eigenvalue weighted by Crippen LogP contribution is -2.41. The van der Waals surface area contributed by atoms with E-state index in [0.29, 0.717) is 23.2 Å². The Morgan fingerprint density at radius 1 is 1.40 bits per heavy atom. The lowest BCUT2D eigenvalue weighted by atomic mass is 10.1. The molecule has 0 spiro atoms. The van der Waals surface area contributed by atoms with Crippen LogP contribution in [0.1, 0.15) is 49.9 Å². The average Bonchev–Trinajstić information content (AvgIpc) is 2.91. The van der Waals surface area contributed by atoms with E-state index in [1.807, 2.05) is 17.0 Å². The van der Waals surface area contributed by atoms with Crippen LogP contribution in [0.3, 0.4) is 0 Å². The van der Waals surface area contributed by atoms with Crippen LogP contribution in [-0.4, -0.2) is 23.4 Å². The summed E-state index contributed by atoms with van der Waals surface area (Å²) in [4.78, 5) is 14.9. The lowest BCUT2D eigenvalue weighted by molar-refractivity contribution is 0.0656. The predicted octanol–water partition coefficient (Wildman–Crippen LogP) is 4.07. The van der Waals surface area contributed by atoms with E-state index in [9.17, 15) is 4.79 Å². The molecule has 2 rings (SSSR count). The number of hydrogen-bond donors (Lipinski definition) is 1. The highest BCUT2D eigenvalue weighted by atomic mass is 79.9. The molecular formula is C16H23BrN2O. The maximum Gasteiger partial charge on any atom is 0.256 e. The molecule has 20 heavy (non-hydrogen) atoms. The molecule has 1 aliphatic carbocycles. The Labute approximate surface area is 129 Å². The van der Waals surface area contributed by atoms with Gasteiger partial charge in [-0.05, 0) is 37.0 Å². The minimum absolute atomic E-state index is 0.0735. The van der Waals surface area contributed by atoms with Gasteiger partial charge in [-0.25, -0.2) is 0 Å². The number of carbonyl (C=O) groups excluding carboxylic acids is 1. The Kier molecular flexibility index (Phi) is 5.08. The number of carbonyl (C=O) groups is 1. The summed E-state index contributed by atoms with van der Waals surface area (Å²) in [6.07, 6.45) is 4.68. The Hall–Kier alpha value is -1.03. The number of benzene rings is 1. The van der Waals surface area contributed by atoms with Crippen LogP contribution in [0.2, 0.25) is 0 Å². The van der Waals surface area contributed by atoms with Gasteiger partial charge in [-0.15, -0.1) is 0 Å². The molecule has 0 unspecified atom stereocenters. The molecule has 0 atom stereocenters. The lowest BCUT2D eigenvalue weighted by Gasteiger charge is -2.31. The van der Waals surface area contributed by atoms with Crippen LogP contribution in [0.4, 0.5) is 5.69 Å². The molecule has 1 aromatic rings. The number of nitrogens with two attached hydrogens (primary N) is 1.